The van der Waals surface area contributed by atoms with Crippen molar-refractivity contribution in [2.75, 3.05) is 25.2 Å². The van der Waals surface area contributed by atoms with Crippen molar-refractivity contribution in [3.8, 4) is 11.6 Å². The van der Waals surface area contributed by atoms with Gasteiger partial charge >= 0.3 is 6.18 Å². The molecule has 0 saturated heterocycles. The Morgan fingerprint density at radius 1 is 1.16 bits per heavy atom. The van der Waals surface area contributed by atoms with Crippen LogP contribution in [0.4, 0.5) is 24.8 Å². The molecule has 0 saturated carbocycles. The predicted octanol–water partition coefficient (Wildman–Crippen LogP) is 4.45. The van der Waals surface area contributed by atoms with Crippen LogP contribution in [0.3, 0.4) is 0 Å². The molecule has 0 bridgehead atoms. The summed E-state index contributed by atoms with van der Waals surface area (Å²) in [4.78, 5) is 9.33. The van der Waals surface area contributed by atoms with Gasteiger partial charge in [0.25, 0.3) is 0 Å². The average Bonchev–Trinajstić information content (AvgIpc) is 2.59. The summed E-state index contributed by atoms with van der Waals surface area (Å²) in [7, 11) is 1.66. The summed E-state index contributed by atoms with van der Waals surface area (Å²) in [5.41, 5.74) is -0.303. The first-order valence-electron chi connectivity index (χ1n) is 7.90. The largest absolute Gasteiger partial charge is 0.494 e. The maximum atomic E-state index is 13.0. The van der Waals surface area contributed by atoms with E-state index in [4.69, 9.17) is 9.47 Å². The zero-order valence-corrected chi connectivity index (χ0v) is 14.3. The topological polar surface area (TPSA) is 47.5 Å². The zero-order valence-electron chi connectivity index (χ0n) is 14.3. The van der Waals surface area contributed by atoms with E-state index in [2.05, 4.69) is 9.97 Å². The Labute approximate surface area is 144 Å². The van der Waals surface area contributed by atoms with Gasteiger partial charge < -0.3 is 14.4 Å². The van der Waals surface area contributed by atoms with Gasteiger partial charge in [-0.25, -0.2) is 4.98 Å². The van der Waals surface area contributed by atoms with E-state index in [-0.39, 0.29) is 12.6 Å². The molecule has 0 aliphatic heterocycles. The number of aromatic nitrogens is 2. The molecule has 2 aromatic rings. The van der Waals surface area contributed by atoms with Crippen LogP contribution in [-0.2, 0) is 6.18 Å². The van der Waals surface area contributed by atoms with Gasteiger partial charge in [-0.1, -0.05) is 13.0 Å². The fourth-order valence-electron chi connectivity index (χ4n) is 2.08. The molecular formula is C17H20F3N3O2. The lowest BCUT2D eigenvalue weighted by molar-refractivity contribution is -0.139. The highest BCUT2D eigenvalue weighted by Gasteiger charge is 2.36. The van der Waals surface area contributed by atoms with Crippen molar-refractivity contribution >= 4 is 11.6 Å². The van der Waals surface area contributed by atoms with Crippen LogP contribution in [0.15, 0.2) is 30.5 Å². The van der Waals surface area contributed by atoms with Crippen LogP contribution in [0.25, 0.3) is 0 Å². The number of ether oxygens (including phenoxy) is 2. The third-order valence-corrected chi connectivity index (χ3v) is 3.31. The number of benzene rings is 1. The fourth-order valence-corrected chi connectivity index (χ4v) is 2.08. The molecule has 1 aromatic heterocycles. The van der Waals surface area contributed by atoms with Crippen molar-refractivity contribution in [2.45, 2.75) is 26.4 Å². The minimum absolute atomic E-state index is 0.0730. The van der Waals surface area contributed by atoms with Crippen molar-refractivity contribution in [3.63, 3.8) is 0 Å². The van der Waals surface area contributed by atoms with Crippen molar-refractivity contribution in [1.82, 2.24) is 9.97 Å². The number of hydrogen-bond donors (Lipinski definition) is 0. The molecule has 8 heteroatoms. The quantitative estimate of drug-likeness (QED) is 0.734. The number of rotatable bonds is 7. The summed E-state index contributed by atoms with van der Waals surface area (Å²) < 4.78 is 49.6. The van der Waals surface area contributed by atoms with Gasteiger partial charge in [0.15, 0.2) is 0 Å². The fraction of sp³-hybridized carbons (Fsp3) is 0.412. The van der Waals surface area contributed by atoms with E-state index in [9.17, 15) is 13.2 Å². The number of halogens is 3. The Hall–Kier alpha value is -2.51. The maximum Gasteiger partial charge on any atom is 0.423 e. The number of alkyl halides is 3. The number of anilines is 2. The van der Waals surface area contributed by atoms with Gasteiger partial charge in [-0.2, -0.15) is 18.2 Å². The van der Waals surface area contributed by atoms with E-state index in [1.165, 1.54) is 0 Å². The Bertz CT molecular complexity index is 708. The molecule has 5 nitrogen and oxygen atoms in total. The minimum atomic E-state index is -4.57. The van der Waals surface area contributed by atoms with Crippen LogP contribution in [0, 0.1) is 0 Å². The van der Waals surface area contributed by atoms with E-state index in [0.717, 1.165) is 12.6 Å². The molecule has 0 N–H and O–H groups in total. The highest BCUT2D eigenvalue weighted by atomic mass is 19.4. The summed E-state index contributed by atoms with van der Waals surface area (Å²) in [6.45, 7) is 4.25. The molecule has 2 rings (SSSR count). The molecule has 1 aromatic carbocycles. The van der Waals surface area contributed by atoms with Gasteiger partial charge in [0.2, 0.25) is 11.8 Å². The molecule has 0 radical (unpaired) electrons. The van der Waals surface area contributed by atoms with Crippen molar-refractivity contribution in [1.29, 1.82) is 0 Å². The first-order valence-corrected chi connectivity index (χ1v) is 7.90. The lowest BCUT2D eigenvalue weighted by Crippen LogP contribution is -2.17. The van der Waals surface area contributed by atoms with Crippen molar-refractivity contribution < 1.29 is 22.6 Å². The van der Waals surface area contributed by atoms with E-state index in [1.54, 1.807) is 37.1 Å². The Balaban J connectivity index is 2.33. The van der Waals surface area contributed by atoms with Crippen LogP contribution in [-0.4, -0.2) is 30.2 Å². The summed E-state index contributed by atoms with van der Waals surface area (Å²) in [5.74, 6) is 0.289. The SMILES string of the molecule is CCCOc1cccc(N(C)c2ncc(C(F)(F)F)c(OCC)n2)c1. The molecule has 1 heterocycles. The lowest BCUT2D eigenvalue weighted by atomic mass is 10.3. The number of nitrogens with zero attached hydrogens (tertiary/aromatic N) is 3. The first kappa shape index (κ1) is 18.8. The van der Waals surface area contributed by atoms with Gasteiger partial charge in [-0.15, -0.1) is 0 Å². The van der Waals surface area contributed by atoms with Gasteiger partial charge in [0.1, 0.15) is 11.3 Å². The second-order valence-electron chi connectivity index (χ2n) is 5.22. The van der Waals surface area contributed by atoms with Crippen LogP contribution < -0.4 is 14.4 Å². The second kappa shape index (κ2) is 8.04. The first-order chi connectivity index (χ1) is 11.9. The van der Waals surface area contributed by atoms with Gasteiger partial charge in [-0.05, 0) is 25.5 Å². The number of hydrogen-bond acceptors (Lipinski definition) is 5. The Morgan fingerprint density at radius 2 is 1.92 bits per heavy atom. The molecule has 25 heavy (non-hydrogen) atoms. The smallest absolute Gasteiger partial charge is 0.423 e. The summed E-state index contributed by atoms with van der Waals surface area (Å²) >= 11 is 0. The summed E-state index contributed by atoms with van der Waals surface area (Å²) in [5, 5.41) is 0. The Morgan fingerprint density at radius 3 is 2.56 bits per heavy atom. The van der Waals surface area contributed by atoms with Crippen LogP contribution in [0.1, 0.15) is 25.8 Å². The molecule has 0 amide bonds. The van der Waals surface area contributed by atoms with E-state index in [0.29, 0.717) is 18.0 Å². The third kappa shape index (κ3) is 4.74. The summed E-state index contributed by atoms with van der Waals surface area (Å²) in [6.07, 6.45) is -2.96. The second-order valence-corrected chi connectivity index (χ2v) is 5.22. The van der Waals surface area contributed by atoms with Crippen LogP contribution in [0.2, 0.25) is 0 Å². The molecule has 0 spiro atoms. The molecular weight excluding hydrogens is 335 g/mol. The predicted molar refractivity (Wildman–Crippen MR) is 88.5 cm³/mol. The lowest BCUT2D eigenvalue weighted by Gasteiger charge is -2.20. The van der Waals surface area contributed by atoms with Gasteiger partial charge in [-0.3, -0.25) is 0 Å². The Kier molecular flexibility index (Phi) is 6.06. The average molecular weight is 355 g/mol. The molecule has 136 valence electrons. The molecule has 0 aliphatic carbocycles. The third-order valence-electron chi connectivity index (χ3n) is 3.31. The van der Waals surface area contributed by atoms with Gasteiger partial charge in [0.05, 0.1) is 13.2 Å². The van der Waals surface area contributed by atoms with Crippen molar-refractivity contribution in [3.05, 3.63) is 36.0 Å². The highest BCUT2D eigenvalue weighted by molar-refractivity contribution is 5.59. The van der Waals surface area contributed by atoms with E-state index >= 15 is 0 Å². The van der Waals surface area contributed by atoms with Crippen LogP contribution in [0.5, 0.6) is 11.6 Å². The molecule has 0 aliphatic rings. The monoisotopic (exact) mass is 355 g/mol. The normalized spacial score (nSPS) is 11.3. The minimum Gasteiger partial charge on any atom is -0.494 e. The van der Waals surface area contributed by atoms with Gasteiger partial charge in [0, 0.05) is 25.0 Å². The zero-order chi connectivity index (χ0) is 18.4. The standard InChI is InChI=1S/C17H20F3N3O2/c1-4-9-25-13-8-6-7-12(10-13)23(3)16-21-11-14(17(18,19)20)15(22-16)24-5-2/h6-8,10-11H,4-5,9H2,1-3H3. The summed E-state index contributed by atoms with van der Waals surface area (Å²) in [6, 6.07) is 7.17. The van der Waals surface area contributed by atoms with E-state index < -0.39 is 17.6 Å². The molecule has 0 fully saturated rings. The van der Waals surface area contributed by atoms with Crippen LogP contribution >= 0.6 is 0 Å². The van der Waals surface area contributed by atoms with E-state index in [1.807, 2.05) is 13.0 Å². The maximum absolute atomic E-state index is 13.0. The molecule has 0 atom stereocenters. The molecule has 0 unspecified atom stereocenters. The van der Waals surface area contributed by atoms with Crippen molar-refractivity contribution in [2.24, 2.45) is 0 Å². The highest BCUT2D eigenvalue weighted by Crippen LogP contribution is 2.36.